The summed E-state index contributed by atoms with van der Waals surface area (Å²) in [5.74, 6) is 0. The fraction of sp³-hybridized carbons (Fsp3) is 0.600. The molecule has 2 heteroatoms. The molecule has 1 nitrogen and oxygen atoms in total. The Bertz CT molecular complexity index is 271. The zero-order valence-electron chi connectivity index (χ0n) is 11.2. The van der Waals surface area contributed by atoms with Crippen molar-refractivity contribution in [3.05, 3.63) is 34.9 Å². The van der Waals surface area contributed by atoms with E-state index in [9.17, 15) is 0 Å². The van der Waals surface area contributed by atoms with Gasteiger partial charge in [-0.25, -0.2) is 0 Å². The summed E-state index contributed by atoms with van der Waals surface area (Å²) in [5, 5.41) is 8.72. The van der Waals surface area contributed by atoms with Crippen molar-refractivity contribution >= 4 is 19.8 Å². The van der Waals surface area contributed by atoms with Gasteiger partial charge in [0.15, 0.2) is 0 Å². The molecule has 0 saturated heterocycles. The van der Waals surface area contributed by atoms with E-state index in [1.165, 1.54) is 16.7 Å². The molecule has 0 rings (SSSR count). The van der Waals surface area contributed by atoms with Crippen LogP contribution in [0.25, 0.3) is 0 Å². The summed E-state index contributed by atoms with van der Waals surface area (Å²) < 4.78 is 0. The first-order valence-corrected chi connectivity index (χ1v) is 6.11. The zero-order chi connectivity index (χ0) is 12.4. The van der Waals surface area contributed by atoms with Gasteiger partial charge in [0.05, 0.1) is 6.61 Å². The van der Waals surface area contributed by atoms with Crippen LogP contribution in [0.15, 0.2) is 34.9 Å². The Hall–Kier alpha value is -0.184. The molecule has 0 radical (unpaired) electrons. The molecule has 17 heavy (non-hydrogen) atoms. The number of aliphatic hydroxyl groups excluding tert-OH is 1. The third-order valence-electron chi connectivity index (χ3n) is 2.56. The van der Waals surface area contributed by atoms with E-state index in [4.69, 9.17) is 5.11 Å². The van der Waals surface area contributed by atoms with Crippen molar-refractivity contribution in [1.82, 2.24) is 0 Å². The number of hydrogen-bond acceptors (Lipinski definition) is 1. The molecular formula is C15H29GaO. The first-order valence-electron chi connectivity index (χ1n) is 6.11. The fourth-order valence-electron chi connectivity index (χ4n) is 1.49. The summed E-state index contributed by atoms with van der Waals surface area (Å²) in [6.07, 6.45) is 10.9. The van der Waals surface area contributed by atoms with Crippen LogP contribution in [-0.4, -0.2) is 31.5 Å². The van der Waals surface area contributed by atoms with Crippen molar-refractivity contribution in [3.8, 4) is 0 Å². The standard InChI is InChI=1S/C15H26O.Ga.3H/c1-13(2)7-5-8-14(3)9-6-10-15(4)11-12-16;;;;/h7,9,11,16H,5-6,8,10,12H2,1-4H3;;;;. The minimum atomic E-state index is 0. The molecule has 0 atom stereocenters. The van der Waals surface area contributed by atoms with Crippen molar-refractivity contribution in [2.75, 3.05) is 6.61 Å². The van der Waals surface area contributed by atoms with Gasteiger partial charge in [-0.05, 0) is 53.4 Å². The molecule has 0 aromatic carbocycles. The Morgan fingerprint density at radius 2 is 1.29 bits per heavy atom. The number of rotatable bonds is 7. The van der Waals surface area contributed by atoms with E-state index in [0.29, 0.717) is 0 Å². The SMILES string of the molecule is CC(C)=CCCC(C)=CCCC(C)=CCO.[GaH3]. The van der Waals surface area contributed by atoms with Crippen LogP contribution in [0.5, 0.6) is 0 Å². The van der Waals surface area contributed by atoms with Gasteiger partial charge in [-0.2, -0.15) is 0 Å². The monoisotopic (exact) mass is 294 g/mol. The number of aliphatic hydroxyl groups is 1. The predicted octanol–water partition coefficient (Wildman–Crippen LogP) is 3.21. The van der Waals surface area contributed by atoms with Crippen LogP contribution < -0.4 is 0 Å². The Morgan fingerprint density at radius 3 is 1.76 bits per heavy atom. The molecule has 0 saturated carbocycles. The number of hydrogen-bond donors (Lipinski definition) is 1. The first kappa shape index (κ1) is 19.2. The van der Waals surface area contributed by atoms with Crippen molar-refractivity contribution in [2.45, 2.75) is 53.4 Å². The third-order valence-corrected chi connectivity index (χ3v) is 2.56. The zero-order valence-corrected chi connectivity index (χ0v) is 11.2. The molecular weight excluding hydrogens is 266 g/mol. The number of allylic oxidation sites excluding steroid dienone is 5. The average Bonchev–Trinajstić information content (AvgIpc) is 2.17. The van der Waals surface area contributed by atoms with Crippen LogP contribution in [0.1, 0.15) is 53.4 Å². The minimum absolute atomic E-state index is 0. The predicted molar refractivity (Wildman–Crippen MR) is 82.4 cm³/mol. The van der Waals surface area contributed by atoms with E-state index in [0.717, 1.165) is 25.7 Å². The molecule has 0 heterocycles. The Labute approximate surface area is 120 Å². The van der Waals surface area contributed by atoms with Gasteiger partial charge in [0, 0.05) is 0 Å². The Morgan fingerprint density at radius 1 is 0.824 bits per heavy atom. The van der Waals surface area contributed by atoms with Gasteiger partial charge < -0.3 is 5.11 Å². The van der Waals surface area contributed by atoms with E-state index in [2.05, 4.69) is 39.8 Å². The summed E-state index contributed by atoms with van der Waals surface area (Å²) in [4.78, 5) is 0. The second-order valence-electron chi connectivity index (χ2n) is 4.64. The van der Waals surface area contributed by atoms with E-state index in [-0.39, 0.29) is 26.4 Å². The molecule has 0 aromatic heterocycles. The average molecular weight is 295 g/mol. The molecule has 0 aliphatic carbocycles. The second kappa shape index (κ2) is 12.3. The van der Waals surface area contributed by atoms with Gasteiger partial charge in [0.2, 0.25) is 0 Å². The topological polar surface area (TPSA) is 20.2 Å². The van der Waals surface area contributed by atoms with Crippen LogP contribution >= 0.6 is 0 Å². The normalized spacial score (nSPS) is 12.1. The third kappa shape index (κ3) is 13.8. The van der Waals surface area contributed by atoms with Crippen LogP contribution in [0.2, 0.25) is 0 Å². The Kier molecular flexibility index (Phi) is 13.8. The Balaban J connectivity index is 0. The maximum atomic E-state index is 8.72. The van der Waals surface area contributed by atoms with Gasteiger partial charge in [-0.3, -0.25) is 0 Å². The molecule has 0 amide bonds. The van der Waals surface area contributed by atoms with Crippen molar-refractivity contribution in [3.63, 3.8) is 0 Å². The summed E-state index contributed by atoms with van der Waals surface area (Å²) >= 11 is 0. The second-order valence-corrected chi connectivity index (χ2v) is 4.64. The van der Waals surface area contributed by atoms with Crippen molar-refractivity contribution < 1.29 is 5.11 Å². The van der Waals surface area contributed by atoms with E-state index in [1.807, 2.05) is 6.08 Å². The molecule has 0 aliphatic rings. The molecule has 0 bridgehead atoms. The molecule has 0 aliphatic heterocycles. The molecule has 0 spiro atoms. The first-order chi connectivity index (χ1) is 7.56. The van der Waals surface area contributed by atoms with Crippen molar-refractivity contribution in [1.29, 1.82) is 0 Å². The summed E-state index contributed by atoms with van der Waals surface area (Å²) in [5.41, 5.74) is 4.14. The molecule has 0 fully saturated rings. The quantitative estimate of drug-likeness (QED) is 0.565. The summed E-state index contributed by atoms with van der Waals surface area (Å²) in [6.45, 7) is 8.71. The van der Waals surface area contributed by atoms with Gasteiger partial charge >= 0.3 is 19.8 Å². The molecule has 1 N–H and O–H groups in total. The van der Waals surface area contributed by atoms with Crippen LogP contribution in [0, 0.1) is 0 Å². The summed E-state index contributed by atoms with van der Waals surface area (Å²) in [7, 11) is 0. The van der Waals surface area contributed by atoms with Gasteiger partial charge in [-0.15, -0.1) is 0 Å². The van der Waals surface area contributed by atoms with Gasteiger partial charge in [0.1, 0.15) is 0 Å². The van der Waals surface area contributed by atoms with Crippen LogP contribution in [0.3, 0.4) is 0 Å². The summed E-state index contributed by atoms with van der Waals surface area (Å²) in [6, 6.07) is 0. The van der Waals surface area contributed by atoms with Crippen LogP contribution in [0.4, 0.5) is 0 Å². The fourth-order valence-corrected chi connectivity index (χ4v) is 1.49. The molecule has 0 unspecified atom stereocenters. The van der Waals surface area contributed by atoms with E-state index >= 15 is 0 Å². The maximum absolute atomic E-state index is 8.72. The van der Waals surface area contributed by atoms with Crippen molar-refractivity contribution in [2.24, 2.45) is 0 Å². The van der Waals surface area contributed by atoms with Gasteiger partial charge in [0.25, 0.3) is 0 Å². The van der Waals surface area contributed by atoms with Crippen LogP contribution in [-0.2, 0) is 0 Å². The van der Waals surface area contributed by atoms with E-state index in [1.54, 1.807) is 0 Å². The van der Waals surface area contributed by atoms with E-state index < -0.39 is 0 Å². The molecule has 98 valence electrons. The van der Waals surface area contributed by atoms with Gasteiger partial charge in [-0.1, -0.05) is 34.9 Å². The molecule has 0 aromatic rings.